The van der Waals surface area contributed by atoms with Crippen molar-refractivity contribution in [1.82, 2.24) is 14.7 Å². The van der Waals surface area contributed by atoms with Gasteiger partial charge in [-0.05, 0) is 64.3 Å². The number of nitrogens with zero attached hydrogens (tertiary/aromatic N) is 3. The van der Waals surface area contributed by atoms with Gasteiger partial charge in [-0.3, -0.25) is 9.59 Å². The monoisotopic (exact) mass is 347 g/mol. The lowest BCUT2D eigenvalue weighted by Gasteiger charge is -2.40. The second kappa shape index (κ2) is 8.04. The summed E-state index contributed by atoms with van der Waals surface area (Å²) in [5.41, 5.74) is 0. The van der Waals surface area contributed by atoms with Crippen molar-refractivity contribution in [2.75, 3.05) is 40.3 Å². The van der Waals surface area contributed by atoms with Gasteiger partial charge in [0.2, 0.25) is 5.91 Å². The Hall–Kier alpha value is -1.82. The molecule has 0 aliphatic carbocycles. The summed E-state index contributed by atoms with van der Waals surface area (Å²) in [7, 11) is 4.19. The van der Waals surface area contributed by atoms with E-state index >= 15 is 0 Å². The van der Waals surface area contributed by atoms with Crippen molar-refractivity contribution in [3.05, 3.63) is 24.2 Å². The summed E-state index contributed by atoms with van der Waals surface area (Å²) in [6, 6.07) is 3.05. The minimum Gasteiger partial charge on any atom is -0.459 e. The number of amides is 2. The molecule has 3 rings (SSSR count). The van der Waals surface area contributed by atoms with Crippen LogP contribution in [0.15, 0.2) is 22.8 Å². The molecule has 2 amide bonds. The van der Waals surface area contributed by atoms with E-state index in [1.807, 2.05) is 4.90 Å². The Morgan fingerprint density at radius 1 is 1.16 bits per heavy atom. The quantitative estimate of drug-likeness (QED) is 0.837. The van der Waals surface area contributed by atoms with Crippen molar-refractivity contribution in [2.24, 2.45) is 5.92 Å². The van der Waals surface area contributed by atoms with Crippen LogP contribution >= 0.6 is 0 Å². The molecule has 3 heterocycles. The molecule has 1 aromatic heterocycles. The smallest absolute Gasteiger partial charge is 0.290 e. The molecule has 0 radical (unpaired) electrons. The van der Waals surface area contributed by atoms with E-state index in [0.29, 0.717) is 18.2 Å². The minimum absolute atomic E-state index is 0.114. The summed E-state index contributed by atoms with van der Waals surface area (Å²) < 4.78 is 5.25. The van der Waals surface area contributed by atoms with E-state index in [4.69, 9.17) is 4.42 Å². The minimum atomic E-state index is -0.336. The molecule has 2 saturated heterocycles. The van der Waals surface area contributed by atoms with Crippen LogP contribution in [0, 0.1) is 5.92 Å². The molecule has 2 aliphatic rings. The molecule has 2 fully saturated rings. The lowest BCUT2D eigenvalue weighted by atomic mass is 9.94. The van der Waals surface area contributed by atoms with Gasteiger partial charge in [-0.2, -0.15) is 0 Å². The molecule has 138 valence electrons. The maximum absolute atomic E-state index is 13.1. The Kier molecular flexibility index (Phi) is 5.78. The number of hydrogen-bond acceptors (Lipinski definition) is 4. The molecule has 6 nitrogen and oxygen atoms in total. The first-order chi connectivity index (χ1) is 12.1. The normalized spacial score (nSPS) is 22.4. The first-order valence-electron chi connectivity index (χ1n) is 9.34. The van der Waals surface area contributed by atoms with Crippen LogP contribution in [-0.4, -0.2) is 72.8 Å². The Bertz CT molecular complexity index is 577. The van der Waals surface area contributed by atoms with E-state index in [0.717, 1.165) is 51.7 Å². The Labute approximate surface area is 149 Å². The average Bonchev–Trinajstić information content (AvgIpc) is 3.15. The van der Waals surface area contributed by atoms with Gasteiger partial charge < -0.3 is 19.1 Å². The van der Waals surface area contributed by atoms with Crippen LogP contribution in [0.4, 0.5) is 0 Å². The molecule has 2 aliphatic heterocycles. The van der Waals surface area contributed by atoms with Gasteiger partial charge in [0.15, 0.2) is 5.76 Å². The van der Waals surface area contributed by atoms with E-state index < -0.39 is 0 Å². The molecule has 1 aromatic rings. The third-order valence-corrected chi connectivity index (χ3v) is 5.33. The summed E-state index contributed by atoms with van der Waals surface area (Å²) in [5.74, 6) is 0.934. The van der Waals surface area contributed by atoms with Crippen LogP contribution in [0.5, 0.6) is 0 Å². The van der Waals surface area contributed by atoms with Crippen LogP contribution in [-0.2, 0) is 4.79 Å². The zero-order valence-corrected chi connectivity index (χ0v) is 15.3. The van der Waals surface area contributed by atoms with Gasteiger partial charge in [-0.25, -0.2) is 0 Å². The highest BCUT2D eigenvalue weighted by molar-refractivity contribution is 5.95. The molecule has 1 atom stereocenters. The van der Waals surface area contributed by atoms with Crippen molar-refractivity contribution in [2.45, 2.75) is 38.1 Å². The first-order valence-corrected chi connectivity index (χ1v) is 9.34. The third-order valence-electron chi connectivity index (χ3n) is 5.33. The van der Waals surface area contributed by atoms with Crippen LogP contribution in [0.25, 0.3) is 0 Å². The fourth-order valence-corrected chi connectivity index (χ4v) is 4.04. The maximum atomic E-state index is 13.1. The van der Waals surface area contributed by atoms with Gasteiger partial charge in [0, 0.05) is 26.2 Å². The third kappa shape index (κ3) is 4.24. The summed E-state index contributed by atoms with van der Waals surface area (Å²) in [6.45, 7) is 3.31. The van der Waals surface area contributed by atoms with Gasteiger partial charge in [0.1, 0.15) is 6.04 Å². The highest BCUT2D eigenvalue weighted by Crippen LogP contribution is 2.24. The fraction of sp³-hybridized carbons (Fsp3) is 0.684. The Balaban J connectivity index is 1.62. The second-order valence-corrected chi connectivity index (χ2v) is 7.52. The summed E-state index contributed by atoms with van der Waals surface area (Å²) in [5, 5.41) is 0. The molecule has 0 spiro atoms. The Morgan fingerprint density at radius 2 is 1.92 bits per heavy atom. The highest BCUT2D eigenvalue weighted by atomic mass is 16.3. The Morgan fingerprint density at radius 3 is 2.56 bits per heavy atom. The van der Waals surface area contributed by atoms with Crippen LogP contribution in [0.1, 0.15) is 42.7 Å². The largest absolute Gasteiger partial charge is 0.459 e. The number of carbonyl (C=O) groups excluding carboxylic acids is 2. The molecule has 0 N–H and O–H groups in total. The van der Waals surface area contributed by atoms with Gasteiger partial charge >= 0.3 is 0 Å². The van der Waals surface area contributed by atoms with E-state index in [2.05, 4.69) is 19.0 Å². The molecule has 0 aromatic carbocycles. The van der Waals surface area contributed by atoms with E-state index in [-0.39, 0.29) is 17.9 Å². The summed E-state index contributed by atoms with van der Waals surface area (Å²) in [4.78, 5) is 31.6. The maximum Gasteiger partial charge on any atom is 0.290 e. The lowest BCUT2D eigenvalue weighted by Crippen LogP contribution is -2.54. The average molecular weight is 347 g/mol. The second-order valence-electron chi connectivity index (χ2n) is 7.52. The van der Waals surface area contributed by atoms with Gasteiger partial charge in [-0.15, -0.1) is 0 Å². The predicted octanol–water partition coefficient (Wildman–Crippen LogP) is 2.07. The van der Waals surface area contributed by atoms with Crippen molar-refractivity contribution >= 4 is 11.8 Å². The van der Waals surface area contributed by atoms with E-state index in [9.17, 15) is 9.59 Å². The molecule has 0 bridgehead atoms. The molecule has 1 unspecified atom stereocenters. The number of furan rings is 1. The van der Waals surface area contributed by atoms with Crippen molar-refractivity contribution < 1.29 is 14.0 Å². The standard InChI is InChI=1S/C19H29N3O3/c1-20(2)14-15-8-11-21(12-9-15)18(23)16-6-3-4-10-22(16)19(24)17-7-5-13-25-17/h5,7,13,15-16H,3-4,6,8-12,14H2,1-2H3. The van der Waals surface area contributed by atoms with Crippen LogP contribution in [0.2, 0.25) is 0 Å². The molecular formula is C19H29N3O3. The van der Waals surface area contributed by atoms with Crippen LogP contribution < -0.4 is 0 Å². The molecular weight excluding hydrogens is 318 g/mol. The van der Waals surface area contributed by atoms with Gasteiger partial charge in [0.05, 0.1) is 6.26 Å². The number of carbonyl (C=O) groups is 2. The number of rotatable bonds is 4. The van der Waals surface area contributed by atoms with Crippen molar-refractivity contribution in [3.8, 4) is 0 Å². The van der Waals surface area contributed by atoms with Crippen molar-refractivity contribution in [3.63, 3.8) is 0 Å². The van der Waals surface area contributed by atoms with Crippen LogP contribution in [0.3, 0.4) is 0 Å². The summed E-state index contributed by atoms with van der Waals surface area (Å²) >= 11 is 0. The molecule has 0 saturated carbocycles. The van der Waals surface area contributed by atoms with Gasteiger partial charge in [-0.1, -0.05) is 0 Å². The first kappa shape index (κ1) is 18.0. The number of likely N-dealkylation sites (tertiary alicyclic amines) is 2. The fourth-order valence-electron chi connectivity index (χ4n) is 4.04. The van der Waals surface area contributed by atoms with E-state index in [1.165, 1.54) is 6.26 Å². The lowest BCUT2D eigenvalue weighted by molar-refractivity contribution is -0.138. The predicted molar refractivity (Wildman–Crippen MR) is 95.2 cm³/mol. The number of piperidine rings is 2. The SMILES string of the molecule is CN(C)CC1CCN(C(=O)C2CCCCN2C(=O)c2ccco2)CC1. The zero-order chi connectivity index (χ0) is 17.8. The zero-order valence-electron chi connectivity index (χ0n) is 15.3. The number of hydrogen-bond donors (Lipinski definition) is 0. The van der Waals surface area contributed by atoms with Crippen molar-refractivity contribution in [1.29, 1.82) is 0 Å². The molecule has 6 heteroatoms. The molecule has 25 heavy (non-hydrogen) atoms. The van der Waals surface area contributed by atoms with E-state index in [1.54, 1.807) is 17.0 Å². The van der Waals surface area contributed by atoms with Gasteiger partial charge in [0.25, 0.3) is 5.91 Å². The summed E-state index contributed by atoms with van der Waals surface area (Å²) in [6.07, 6.45) is 6.29. The topological polar surface area (TPSA) is 57.0 Å². The highest BCUT2D eigenvalue weighted by Gasteiger charge is 2.37.